The molecule has 1 aliphatic heterocycles. The number of nitrogens with one attached hydrogen (secondary N) is 1. The van der Waals surface area contributed by atoms with Crippen LogP contribution in [0.25, 0.3) is 17.0 Å². The fraction of sp³-hybridized carbons (Fsp3) is 0.115. The van der Waals surface area contributed by atoms with E-state index in [4.69, 9.17) is 20.9 Å². The number of amides is 2. The van der Waals surface area contributed by atoms with Gasteiger partial charge in [0.15, 0.2) is 0 Å². The smallest absolute Gasteiger partial charge is 0.326 e. The van der Waals surface area contributed by atoms with Crippen LogP contribution in [0.3, 0.4) is 0 Å². The molecule has 9 heteroatoms. The molecule has 35 heavy (non-hydrogen) atoms. The van der Waals surface area contributed by atoms with E-state index >= 15 is 0 Å². The Morgan fingerprint density at radius 2 is 1.83 bits per heavy atom. The van der Waals surface area contributed by atoms with Crippen LogP contribution in [-0.4, -0.2) is 23.3 Å². The summed E-state index contributed by atoms with van der Waals surface area (Å²) in [4.78, 5) is 19.3. The predicted octanol–water partition coefficient (Wildman–Crippen LogP) is 6.24. The van der Waals surface area contributed by atoms with Crippen molar-refractivity contribution < 1.29 is 18.4 Å². The lowest BCUT2D eigenvalue weighted by molar-refractivity contribution is 0.244. The molecule has 1 aliphatic rings. The van der Waals surface area contributed by atoms with Crippen LogP contribution in [0, 0.1) is 5.82 Å². The van der Waals surface area contributed by atoms with Crippen molar-refractivity contribution in [2.24, 2.45) is 0 Å². The number of halogens is 2. The quantitative estimate of drug-likeness (QED) is 0.358. The third-order valence-corrected chi connectivity index (χ3v) is 6.01. The van der Waals surface area contributed by atoms with Gasteiger partial charge in [0.1, 0.15) is 11.6 Å². The molecule has 1 unspecified atom stereocenters. The second-order valence-electron chi connectivity index (χ2n) is 7.90. The molecule has 2 amide bonds. The fourth-order valence-corrected chi connectivity index (χ4v) is 4.17. The van der Waals surface area contributed by atoms with Crippen molar-refractivity contribution in [3.63, 3.8) is 0 Å². The summed E-state index contributed by atoms with van der Waals surface area (Å²) in [7, 11) is 1.59. The Hall–Kier alpha value is -4.17. The van der Waals surface area contributed by atoms with Gasteiger partial charge in [0, 0.05) is 16.3 Å². The van der Waals surface area contributed by atoms with E-state index in [0.29, 0.717) is 33.3 Å². The second-order valence-corrected chi connectivity index (χ2v) is 8.34. The Balaban J connectivity index is 1.64. The van der Waals surface area contributed by atoms with Crippen LogP contribution in [0.15, 0.2) is 83.0 Å². The Bertz CT molecular complexity index is 1420. The molecular weight excluding hydrogens is 471 g/mol. The molecule has 4 aromatic rings. The molecule has 7 nitrogen and oxygen atoms in total. The van der Waals surface area contributed by atoms with Crippen molar-refractivity contribution in [3.8, 4) is 17.1 Å². The van der Waals surface area contributed by atoms with Crippen LogP contribution >= 0.6 is 11.6 Å². The molecule has 0 bridgehead atoms. The lowest BCUT2D eigenvalue weighted by Crippen LogP contribution is -2.46. The van der Waals surface area contributed by atoms with E-state index in [2.05, 4.69) is 15.5 Å². The van der Waals surface area contributed by atoms with Crippen molar-refractivity contribution in [1.82, 2.24) is 15.5 Å². The number of methoxy groups -OCH3 is 1. The van der Waals surface area contributed by atoms with Gasteiger partial charge in [0.25, 0.3) is 5.89 Å². The fourth-order valence-electron chi connectivity index (χ4n) is 4.05. The summed E-state index contributed by atoms with van der Waals surface area (Å²) in [6.07, 6.45) is 0. The highest BCUT2D eigenvalue weighted by molar-refractivity contribution is 6.30. The Kier molecular flexibility index (Phi) is 5.96. The third kappa shape index (κ3) is 4.36. The summed E-state index contributed by atoms with van der Waals surface area (Å²) in [5.74, 6) is 0.732. The first-order valence-corrected chi connectivity index (χ1v) is 11.1. The number of carbonyl (C=O) groups excluding carboxylic acids is 1. The Labute approximate surface area is 205 Å². The van der Waals surface area contributed by atoms with E-state index in [1.807, 2.05) is 31.2 Å². The van der Waals surface area contributed by atoms with E-state index in [9.17, 15) is 9.18 Å². The second kappa shape index (κ2) is 9.23. The van der Waals surface area contributed by atoms with Crippen LogP contribution in [0.5, 0.6) is 5.75 Å². The molecule has 5 rings (SSSR count). The zero-order valence-electron chi connectivity index (χ0n) is 18.8. The summed E-state index contributed by atoms with van der Waals surface area (Å²) >= 11 is 6.05. The minimum atomic E-state index is -0.572. The van der Waals surface area contributed by atoms with Gasteiger partial charge in [0.05, 0.1) is 24.4 Å². The molecule has 2 heterocycles. The van der Waals surface area contributed by atoms with Crippen molar-refractivity contribution in [2.75, 3.05) is 12.0 Å². The number of urea groups is 1. The number of rotatable bonds is 5. The summed E-state index contributed by atoms with van der Waals surface area (Å²) in [6, 6.07) is 19.3. The number of allylic oxidation sites excluding steroid dienone is 1. The first-order valence-electron chi connectivity index (χ1n) is 10.8. The molecule has 0 radical (unpaired) electrons. The number of nitrogens with zero attached hydrogens (tertiary/aromatic N) is 3. The largest absolute Gasteiger partial charge is 0.497 e. The van der Waals surface area contributed by atoms with Crippen LogP contribution in [-0.2, 0) is 0 Å². The minimum Gasteiger partial charge on any atom is -0.497 e. The molecule has 0 fully saturated rings. The average Bonchev–Trinajstić information content (AvgIpc) is 3.35. The SMILES string of the molecule is COc1ccc(C2NC(=O)N(c3ccc(Cl)cc3)C(C)=C2c2nc(-c3cccc(F)c3)no2)cc1. The zero-order chi connectivity index (χ0) is 24.5. The molecule has 1 N–H and O–H groups in total. The van der Waals surface area contributed by atoms with E-state index < -0.39 is 11.9 Å². The van der Waals surface area contributed by atoms with Crippen molar-refractivity contribution in [1.29, 1.82) is 0 Å². The molecule has 0 aliphatic carbocycles. The highest BCUT2D eigenvalue weighted by atomic mass is 35.5. The average molecular weight is 491 g/mol. The monoisotopic (exact) mass is 490 g/mol. The van der Waals surface area contributed by atoms with Crippen LogP contribution in [0.4, 0.5) is 14.9 Å². The number of hydrogen-bond acceptors (Lipinski definition) is 5. The number of aromatic nitrogens is 2. The van der Waals surface area contributed by atoms with Gasteiger partial charge in [-0.1, -0.05) is 41.0 Å². The van der Waals surface area contributed by atoms with Crippen LogP contribution < -0.4 is 15.0 Å². The summed E-state index contributed by atoms with van der Waals surface area (Å²) in [6.45, 7) is 1.81. The summed E-state index contributed by atoms with van der Waals surface area (Å²) in [5, 5.41) is 7.66. The predicted molar refractivity (Wildman–Crippen MR) is 130 cm³/mol. The van der Waals surface area contributed by atoms with Gasteiger partial charge in [-0.05, 0) is 61.0 Å². The normalized spacial score (nSPS) is 15.8. The van der Waals surface area contributed by atoms with Crippen molar-refractivity contribution in [2.45, 2.75) is 13.0 Å². The van der Waals surface area contributed by atoms with Crippen LogP contribution in [0.1, 0.15) is 24.4 Å². The van der Waals surface area contributed by atoms with E-state index in [1.54, 1.807) is 43.5 Å². The van der Waals surface area contributed by atoms with Gasteiger partial charge in [-0.3, -0.25) is 4.90 Å². The molecular formula is C26H20ClFN4O3. The van der Waals surface area contributed by atoms with E-state index in [1.165, 1.54) is 17.0 Å². The Morgan fingerprint density at radius 1 is 1.09 bits per heavy atom. The van der Waals surface area contributed by atoms with Gasteiger partial charge < -0.3 is 14.6 Å². The lowest BCUT2D eigenvalue weighted by atomic mass is 9.94. The maximum Gasteiger partial charge on any atom is 0.326 e. The van der Waals surface area contributed by atoms with Gasteiger partial charge in [0.2, 0.25) is 5.82 Å². The maximum atomic E-state index is 13.8. The highest BCUT2D eigenvalue weighted by Gasteiger charge is 2.36. The first kappa shape index (κ1) is 22.6. The molecule has 1 atom stereocenters. The van der Waals surface area contributed by atoms with E-state index in [0.717, 1.165) is 5.56 Å². The molecule has 3 aromatic carbocycles. The molecule has 0 spiro atoms. The number of benzene rings is 3. The number of ether oxygens (including phenoxy) is 1. The number of carbonyl (C=O) groups is 1. The lowest BCUT2D eigenvalue weighted by Gasteiger charge is -2.35. The highest BCUT2D eigenvalue weighted by Crippen LogP contribution is 2.39. The number of anilines is 1. The molecule has 0 saturated carbocycles. The van der Waals surface area contributed by atoms with Crippen LogP contribution in [0.2, 0.25) is 5.02 Å². The zero-order valence-corrected chi connectivity index (χ0v) is 19.6. The van der Waals surface area contributed by atoms with Gasteiger partial charge in [-0.2, -0.15) is 4.98 Å². The van der Waals surface area contributed by atoms with Gasteiger partial charge in [-0.25, -0.2) is 9.18 Å². The Morgan fingerprint density at radius 3 is 2.51 bits per heavy atom. The summed E-state index contributed by atoms with van der Waals surface area (Å²) in [5.41, 5.74) is 3.12. The third-order valence-electron chi connectivity index (χ3n) is 5.76. The summed E-state index contributed by atoms with van der Waals surface area (Å²) < 4.78 is 24.7. The number of hydrogen-bond donors (Lipinski definition) is 1. The molecule has 176 valence electrons. The molecule has 0 saturated heterocycles. The standard InChI is InChI=1S/C26H20ClFN4O3/c1-15-22(25-30-24(31-35-25)17-4-3-5-19(28)14-17)23(16-6-12-21(34-2)13-7-16)29-26(33)32(15)20-10-8-18(27)9-11-20/h3-14,23H,1-2H3,(H,29,33). The maximum absolute atomic E-state index is 13.8. The van der Waals surface area contributed by atoms with Crippen molar-refractivity contribution >= 4 is 28.9 Å². The first-order chi connectivity index (χ1) is 16.9. The minimum absolute atomic E-state index is 0.210. The van der Waals surface area contributed by atoms with Crippen molar-refractivity contribution in [3.05, 3.63) is 101 Å². The molecule has 1 aromatic heterocycles. The van der Waals surface area contributed by atoms with Gasteiger partial charge >= 0.3 is 6.03 Å². The van der Waals surface area contributed by atoms with E-state index in [-0.39, 0.29) is 17.7 Å². The van der Waals surface area contributed by atoms with Gasteiger partial charge in [-0.15, -0.1) is 0 Å². The topological polar surface area (TPSA) is 80.5 Å².